The Kier molecular flexibility index (Phi) is 16.3. The van der Waals surface area contributed by atoms with Gasteiger partial charge >= 0.3 is 5.97 Å². The minimum Gasteiger partial charge on any atom is -0.423 e. The van der Waals surface area contributed by atoms with Crippen LogP contribution in [0.1, 0.15) is 128 Å². The number of benzene rings is 1. The van der Waals surface area contributed by atoms with E-state index in [4.69, 9.17) is 4.74 Å². The summed E-state index contributed by atoms with van der Waals surface area (Å²) < 4.78 is 18.8. The molecule has 0 aliphatic carbocycles. The summed E-state index contributed by atoms with van der Waals surface area (Å²) in [6, 6.07) is 4.66. The van der Waals surface area contributed by atoms with Crippen LogP contribution < -0.4 is 4.74 Å². The van der Waals surface area contributed by atoms with Gasteiger partial charge in [-0.3, -0.25) is 4.79 Å². The number of unbranched alkanes of at least 4 members (excludes halogenated alkanes) is 16. The van der Waals surface area contributed by atoms with Crippen LogP contribution in [0.4, 0.5) is 4.39 Å². The summed E-state index contributed by atoms with van der Waals surface area (Å²) in [5, 5.41) is 0. The van der Waals surface area contributed by atoms with Crippen LogP contribution in [0.5, 0.6) is 5.75 Å². The summed E-state index contributed by atoms with van der Waals surface area (Å²) >= 11 is 0. The Bertz CT molecular complexity index is 556. The molecule has 2 nitrogen and oxygen atoms in total. The van der Waals surface area contributed by atoms with E-state index in [9.17, 15) is 9.18 Å². The van der Waals surface area contributed by atoms with E-state index in [1.54, 1.807) is 6.07 Å². The molecule has 0 unspecified atom stereocenters. The van der Waals surface area contributed by atoms with Gasteiger partial charge in [-0.15, -0.1) is 0 Å². The molecule has 1 aromatic rings. The Labute approximate surface area is 185 Å². The molecular formula is C27H45FO2. The Morgan fingerprint density at radius 1 is 0.733 bits per heavy atom. The molecule has 0 fully saturated rings. The van der Waals surface area contributed by atoms with Crippen molar-refractivity contribution in [3.05, 3.63) is 29.6 Å². The molecule has 0 radical (unpaired) electrons. The highest BCUT2D eigenvalue weighted by Gasteiger charge is 2.09. The normalized spacial score (nSPS) is 11.0. The van der Waals surface area contributed by atoms with Gasteiger partial charge in [-0.05, 0) is 31.0 Å². The van der Waals surface area contributed by atoms with E-state index in [0.29, 0.717) is 6.42 Å². The van der Waals surface area contributed by atoms with Gasteiger partial charge < -0.3 is 4.74 Å². The largest absolute Gasteiger partial charge is 0.423 e. The molecule has 0 amide bonds. The number of halogens is 1. The van der Waals surface area contributed by atoms with E-state index in [0.717, 1.165) is 18.4 Å². The summed E-state index contributed by atoms with van der Waals surface area (Å²) in [5.74, 6) is -0.762. The molecule has 3 heteroatoms. The van der Waals surface area contributed by atoms with Crippen molar-refractivity contribution in [3.63, 3.8) is 0 Å². The van der Waals surface area contributed by atoms with Crippen LogP contribution in [0.2, 0.25) is 0 Å². The van der Waals surface area contributed by atoms with Crippen molar-refractivity contribution in [3.8, 4) is 5.75 Å². The van der Waals surface area contributed by atoms with Gasteiger partial charge in [0, 0.05) is 6.42 Å². The topological polar surface area (TPSA) is 26.3 Å². The SMILES string of the molecule is CCCCCCCCCCCCCCCCCCCC(=O)Oc1ccc(C)cc1F. The highest BCUT2D eigenvalue weighted by atomic mass is 19.1. The number of ether oxygens (including phenoxy) is 1. The molecule has 0 heterocycles. The summed E-state index contributed by atoms with van der Waals surface area (Å²) in [6.07, 6.45) is 22.7. The zero-order valence-corrected chi connectivity index (χ0v) is 19.7. The minimum atomic E-state index is -0.467. The lowest BCUT2D eigenvalue weighted by Gasteiger charge is -2.06. The van der Waals surface area contributed by atoms with Crippen LogP contribution in [0.15, 0.2) is 18.2 Å². The summed E-state index contributed by atoms with van der Waals surface area (Å²) in [7, 11) is 0. The van der Waals surface area contributed by atoms with Crippen molar-refractivity contribution in [1.29, 1.82) is 0 Å². The highest BCUT2D eigenvalue weighted by Crippen LogP contribution is 2.19. The van der Waals surface area contributed by atoms with Gasteiger partial charge in [0.1, 0.15) is 0 Å². The van der Waals surface area contributed by atoms with Crippen LogP contribution in [0.25, 0.3) is 0 Å². The Morgan fingerprint density at radius 2 is 1.17 bits per heavy atom. The first-order chi connectivity index (χ1) is 14.6. The molecule has 1 rings (SSSR count). The van der Waals surface area contributed by atoms with E-state index in [1.165, 1.54) is 108 Å². The number of carbonyl (C=O) groups excluding carboxylic acids is 1. The molecule has 30 heavy (non-hydrogen) atoms. The molecule has 0 saturated heterocycles. The molecule has 0 aliphatic rings. The van der Waals surface area contributed by atoms with E-state index in [2.05, 4.69) is 6.92 Å². The first-order valence-electron chi connectivity index (χ1n) is 12.6. The van der Waals surface area contributed by atoms with E-state index < -0.39 is 5.82 Å². The van der Waals surface area contributed by atoms with Crippen molar-refractivity contribution in [2.45, 2.75) is 129 Å². The molecule has 0 bridgehead atoms. The van der Waals surface area contributed by atoms with E-state index >= 15 is 0 Å². The quantitative estimate of drug-likeness (QED) is 0.127. The second kappa shape index (κ2) is 18.4. The van der Waals surface area contributed by atoms with E-state index in [-0.39, 0.29) is 11.7 Å². The van der Waals surface area contributed by atoms with Gasteiger partial charge in [-0.25, -0.2) is 4.39 Å². The molecule has 0 atom stereocenters. The van der Waals surface area contributed by atoms with Crippen molar-refractivity contribution in [2.75, 3.05) is 0 Å². The van der Waals surface area contributed by atoms with Gasteiger partial charge in [-0.2, -0.15) is 0 Å². The summed E-state index contributed by atoms with van der Waals surface area (Å²) in [6.45, 7) is 4.09. The number of aryl methyl sites for hydroxylation is 1. The van der Waals surface area contributed by atoms with Crippen molar-refractivity contribution in [1.82, 2.24) is 0 Å². The fraction of sp³-hybridized carbons (Fsp3) is 0.741. The van der Waals surface area contributed by atoms with Gasteiger partial charge in [0.2, 0.25) is 0 Å². The molecule has 172 valence electrons. The molecule has 0 aromatic heterocycles. The smallest absolute Gasteiger partial charge is 0.311 e. The lowest BCUT2D eigenvalue weighted by atomic mass is 10.0. The average Bonchev–Trinajstić information content (AvgIpc) is 2.72. The Morgan fingerprint density at radius 3 is 1.60 bits per heavy atom. The third kappa shape index (κ3) is 14.6. The van der Waals surface area contributed by atoms with Crippen LogP contribution in [0, 0.1) is 12.7 Å². The number of hydrogen-bond acceptors (Lipinski definition) is 2. The van der Waals surface area contributed by atoms with Crippen molar-refractivity contribution >= 4 is 5.97 Å². The molecule has 0 saturated carbocycles. The highest BCUT2D eigenvalue weighted by molar-refractivity contribution is 5.72. The van der Waals surface area contributed by atoms with Gasteiger partial charge in [0.15, 0.2) is 11.6 Å². The zero-order chi connectivity index (χ0) is 21.9. The van der Waals surface area contributed by atoms with Gasteiger partial charge in [0.25, 0.3) is 0 Å². The van der Waals surface area contributed by atoms with Gasteiger partial charge in [-0.1, -0.05) is 116 Å². The predicted molar refractivity (Wildman–Crippen MR) is 126 cm³/mol. The van der Waals surface area contributed by atoms with Crippen LogP contribution >= 0.6 is 0 Å². The first kappa shape index (κ1) is 26.7. The molecular weight excluding hydrogens is 375 g/mol. The lowest BCUT2D eigenvalue weighted by Crippen LogP contribution is -2.08. The second-order valence-electron chi connectivity index (χ2n) is 8.81. The fourth-order valence-corrected chi connectivity index (χ4v) is 3.86. The van der Waals surface area contributed by atoms with Crippen LogP contribution in [0.3, 0.4) is 0 Å². The monoisotopic (exact) mass is 420 g/mol. The third-order valence-electron chi connectivity index (χ3n) is 5.80. The maximum atomic E-state index is 13.7. The first-order valence-corrected chi connectivity index (χ1v) is 12.6. The van der Waals surface area contributed by atoms with Crippen molar-refractivity contribution < 1.29 is 13.9 Å². The van der Waals surface area contributed by atoms with Crippen LogP contribution in [-0.4, -0.2) is 5.97 Å². The number of esters is 1. The van der Waals surface area contributed by atoms with Crippen LogP contribution in [-0.2, 0) is 4.79 Å². The predicted octanol–water partition coefficient (Wildman–Crippen LogP) is 9.08. The summed E-state index contributed by atoms with van der Waals surface area (Å²) in [5.41, 5.74) is 0.820. The number of carbonyl (C=O) groups is 1. The standard InChI is InChI=1S/C27H45FO2/c1-3-4-5-6-7-8-9-10-11-12-13-14-15-16-17-18-19-20-27(29)30-26-22-21-24(2)23-25(26)28/h21-23H,3-20H2,1-2H3. The van der Waals surface area contributed by atoms with Gasteiger partial charge in [0.05, 0.1) is 0 Å². The minimum absolute atomic E-state index is 0.0394. The Balaban J connectivity index is 1.82. The second-order valence-corrected chi connectivity index (χ2v) is 8.81. The maximum absolute atomic E-state index is 13.7. The average molecular weight is 421 g/mol. The molecule has 1 aromatic carbocycles. The molecule has 0 aliphatic heterocycles. The number of rotatable bonds is 19. The van der Waals surface area contributed by atoms with E-state index in [1.807, 2.05) is 6.92 Å². The fourth-order valence-electron chi connectivity index (χ4n) is 3.86. The van der Waals surface area contributed by atoms with Crippen molar-refractivity contribution in [2.24, 2.45) is 0 Å². The number of hydrogen-bond donors (Lipinski definition) is 0. The molecule has 0 N–H and O–H groups in total. The maximum Gasteiger partial charge on any atom is 0.311 e. The lowest BCUT2D eigenvalue weighted by molar-refractivity contribution is -0.134. The molecule has 0 spiro atoms. The Hall–Kier alpha value is -1.38. The zero-order valence-electron chi connectivity index (χ0n) is 19.7. The third-order valence-corrected chi connectivity index (χ3v) is 5.80. The summed E-state index contributed by atoms with van der Waals surface area (Å²) in [4.78, 5) is 11.8.